The fourth-order valence-corrected chi connectivity index (χ4v) is 5.12. The molecule has 0 bridgehead atoms. The number of anilines is 2. The number of amides is 3. The number of hydrogen-bond acceptors (Lipinski definition) is 9. The molecular formula is C33H39Cl2N5O7. The van der Waals surface area contributed by atoms with Gasteiger partial charge in [0.05, 0.1) is 0 Å². The fraction of sp³-hybridized carbons (Fsp3) is 0.424. The van der Waals surface area contributed by atoms with Gasteiger partial charge >= 0.3 is 18.3 Å². The molecule has 2 aromatic heterocycles. The molecule has 3 heterocycles. The molecule has 1 N–H and O–H groups in total. The van der Waals surface area contributed by atoms with Crippen LogP contribution >= 0.6 is 23.2 Å². The van der Waals surface area contributed by atoms with E-state index in [2.05, 4.69) is 9.97 Å². The maximum absolute atomic E-state index is 13.5. The van der Waals surface area contributed by atoms with E-state index in [-0.39, 0.29) is 11.6 Å². The molecule has 1 aliphatic heterocycles. The van der Waals surface area contributed by atoms with Gasteiger partial charge in [-0.05, 0) is 84.9 Å². The van der Waals surface area contributed by atoms with Gasteiger partial charge in [0.15, 0.2) is 11.6 Å². The van der Waals surface area contributed by atoms with Crippen LogP contribution in [0.3, 0.4) is 0 Å². The SMILES string of the molecule is CC(Oc1cc(-c2ccc(N3CCN(C(=O)O)CC3)nc2)cnc1N(C(=O)OC(C)(C)C)C(=O)OC(C)(C)C)c1cc(Cl)ccc1Cl. The van der Waals surface area contributed by atoms with Crippen molar-refractivity contribution in [1.82, 2.24) is 14.9 Å². The van der Waals surface area contributed by atoms with Crippen LogP contribution in [-0.2, 0) is 9.47 Å². The minimum atomic E-state index is -1.00. The van der Waals surface area contributed by atoms with Crippen molar-refractivity contribution in [2.75, 3.05) is 36.0 Å². The van der Waals surface area contributed by atoms with E-state index in [1.807, 2.05) is 17.0 Å². The van der Waals surface area contributed by atoms with Gasteiger partial charge in [0.25, 0.3) is 0 Å². The number of hydrogen-bond donors (Lipinski definition) is 1. The summed E-state index contributed by atoms with van der Waals surface area (Å²) in [6.07, 6.45) is -0.482. The van der Waals surface area contributed by atoms with Crippen molar-refractivity contribution in [2.24, 2.45) is 0 Å². The number of imide groups is 1. The van der Waals surface area contributed by atoms with Crippen LogP contribution in [0, 0.1) is 0 Å². The Morgan fingerprint density at radius 3 is 1.98 bits per heavy atom. The molecular weight excluding hydrogens is 649 g/mol. The second kappa shape index (κ2) is 14.2. The maximum atomic E-state index is 13.5. The first kappa shape index (κ1) is 35.6. The molecule has 3 aromatic rings. The molecule has 1 saturated heterocycles. The number of halogens is 2. The molecule has 1 aromatic carbocycles. The van der Waals surface area contributed by atoms with Gasteiger partial charge in [0.1, 0.15) is 23.1 Å². The number of pyridine rings is 2. The first-order valence-corrected chi connectivity index (χ1v) is 15.7. The van der Waals surface area contributed by atoms with Crippen LogP contribution in [0.2, 0.25) is 10.0 Å². The van der Waals surface area contributed by atoms with E-state index in [4.69, 9.17) is 37.4 Å². The number of carbonyl (C=O) groups is 3. The molecule has 1 aliphatic rings. The van der Waals surface area contributed by atoms with Gasteiger partial charge in [-0.25, -0.2) is 24.4 Å². The van der Waals surface area contributed by atoms with E-state index in [0.29, 0.717) is 63.6 Å². The second-order valence-electron chi connectivity index (χ2n) is 12.9. The van der Waals surface area contributed by atoms with Crippen molar-refractivity contribution in [1.29, 1.82) is 0 Å². The van der Waals surface area contributed by atoms with E-state index in [1.165, 1.54) is 11.1 Å². The highest BCUT2D eigenvalue weighted by molar-refractivity contribution is 6.33. The maximum Gasteiger partial charge on any atom is 0.425 e. The third kappa shape index (κ3) is 9.39. The third-order valence-corrected chi connectivity index (χ3v) is 7.43. The van der Waals surface area contributed by atoms with Crippen LogP contribution in [-0.4, -0.2) is 75.6 Å². The number of rotatable bonds is 6. The summed E-state index contributed by atoms with van der Waals surface area (Å²) in [6.45, 7) is 13.6. The summed E-state index contributed by atoms with van der Waals surface area (Å²) in [4.78, 5) is 51.5. The monoisotopic (exact) mass is 687 g/mol. The van der Waals surface area contributed by atoms with Crippen LogP contribution in [0.25, 0.3) is 11.1 Å². The minimum Gasteiger partial charge on any atom is -0.482 e. The lowest BCUT2D eigenvalue weighted by molar-refractivity contribution is 0.0426. The third-order valence-electron chi connectivity index (χ3n) is 6.85. The second-order valence-corrected chi connectivity index (χ2v) is 13.8. The summed E-state index contributed by atoms with van der Waals surface area (Å²) < 4.78 is 17.5. The zero-order valence-corrected chi connectivity index (χ0v) is 28.9. The van der Waals surface area contributed by atoms with Crippen molar-refractivity contribution in [3.05, 3.63) is 64.4 Å². The van der Waals surface area contributed by atoms with Crippen molar-refractivity contribution in [3.63, 3.8) is 0 Å². The molecule has 0 saturated carbocycles. The molecule has 4 rings (SSSR count). The average Bonchev–Trinajstić information content (AvgIpc) is 2.97. The van der Waals surface area contributed by atoms with Crippen LogP contribution < -0.4 is 14.5 Å². The normalized spacial score (nSPS) is 14.3. The largest absolute Gasteiger partial charge is 0.482 e. The van der Waals surface area contributed by atoms with E-state index >= 15 is 0 Å². The Balaban J connectivity index is 1.75. The van der Waals surface area contributed by atoms with E-state index in [1.54, 1.807) is 78.9 Å². The zero-order valence-electron chi connectivity index (χ0n) is 27.4. The molecule has 0 aliphatic carbocycles. The predicted octanol–water partition coefficient (Wildman–Crippen LogP) is 8.07. The fourth-order valence-electron chi connectivity index (χ4n) is 4.66. The summed E-state index contributed by atoms with van der Waals surface area (Å²) in [7, 11) is 0. The van der Waals surface area contributed by atoms with Crippen molar-refractivity contribution in [2.45, 2.75) is 65.8 Å². The Morgan fingerprint density at radius 1 is 0.851 bits per heavy atom. The first-order valence-electron chi connectivity index (χ1n) is 15.0. The minimum absolute atomic E-state index is 0.0663. The van der Waals surface area contributed by atoms with E-state index < -0.39 is 35.6 Å². The molecule has 0 spiro atoms. The van der Waals surface area contributed by atoms with E-state index in [0.717, 1.165) is 0 Å². The molecule has 14 heteroatoms. The Bertz CT molecular complexity index is 1590. The number of piperazine rings is 1. The van der Waals surface area contributed by atoms with Crippen LogP contribution in [0.5, 0.6) is 5.75 Å². The Kier molecular flexibility index (Phi) is 10.8. The highest BCUT2D eigenvalue weighted by Crippen LogP contribution is 2.37. The standard InChI is InChI=1S/C33H39Cl2N5O7/c1-20(24-17-23(34)9-10-25(24)35)45-26-16-22(21-8-11-27(36-18-21)38-12-14-39(15-13-38)29(41)42)19-37-28(26)40(30(43)46-32(2,3)4)31(44)47-33(5,6)7/h8-11,16-20H,12-15H2,1-7H3,(H,41,42). The van der Waals surface area contributed by atoms with E-state index in [9.17, 15) is 19.5 Å². The lowest BCUT2D eigenvalue weighted by atomic mass is 10.1. The molecule has 252 valence electrons. The van der Waals surface area contributed by atoms with Gasteiger partial charge in [-0.15, -0.1) is 0 Å². The molecule has 1 unspecified atom stereocenters. The topological polar surface area (TPSA) is 135 Å². The number of carboxylic acid groups (broad SMARTS) is 1. The number of nitrogens with zero attached hydrogens (tertiary/aromatic N) is 5. The van der Waals surface area contributed by atoms with Gasteiger partial charge in [0, 0.05) is 65.3 Å². The highest BCUT2D eigenvalue weighted by Gasteiger charge is 2.36. The lowest BCUT2D eigenvalue weighted by Gasteiger charge is -2.33. The average molecular weight is 689 g/mol. The van der Waals surface area contributed by atoms with Crippen molar-refractivity contribution < 1.29 is 33.7 Å². The molecule has 3 amide bonds. The number of benzene rings is 1. The van der Waals surface area contributed by atoms with Gasteiger partial charge in [-0.3, -0.25) is 0 Å². The summed E-state index contributed by atoms with van der Waals surface area (Å²) >= 11 is 12.7. The number of carbonyl (C=O) groups excluding carboxylic acids is 2. The first-order chi connectivity index (χ1) is 21.9. The smallest absolute Gasteiger partial charge is 0.425 e. The molecule has 12 nitrogen and oxygen atoms in total. The van der Waals surface area contributed by atoms with Crippen LogP contribution in [0.4, 0.5) is 26.0 Å². The summed E-state index contributed by atoms with van der Waals surface area (Å²) in [5.41, 5.74) is -0.0422. The summed E-state index contributed by atoms with van der Waals surface area (Å²) in [6, 6.07) is 10.3. The number of aromatic nitrogens is 2. The van der Waals surface area contributed by atoms with Gasteiger partial charge in [-0.2, -0.15) is 4.90 Å². The van der Waals surface area contributed by atoms with Crippen molar-refractivity contribution >= 4 is 53.1 Å². The van der Waals surface area contributed by atoms with Crippen LogP contribution in [0.15, 0.2) is 48.8 Å². The Hall–Kier alpha value is -4.29. The Labute approximate surface area is 284 Å². The lowest BCUT2D eigenvalue weighted by Crippen LogP contribution is -2.48. The van der Waals surface area contributed by atoms with Crippen LogP contribution in [0.1, 0.15) is 60.1 Å². The zero-order chi connectivity index (χ0) is 34.7. The number of ether oxygens (including phenoxy) is 3. The van der Waals surface area contributed by atoms with Crippen molar-refractivity contribution in [3.8, 4) is 16.9 Å². The summed E-state index contributed by atoms with van der Waals surface area (Å²) in [5, 5.41) is 10.1. The predicted molar refractivity (Wildman–Crippen MR) is 180 cm³/mol. The van der Waals surface area contributed by atoms with Gasteiger partial charge in [0.2, 0.25) is 0 Å². The van der Waals surface area contributed by atoms with Gasteiger partial charge < -0.3 is 29.1 Å². The van der Waals surface area contributed by atoms with Gasteiger partial charge in [-0.1, -0.05) is 23.2 Å². The quantitative estimate of drug-likeness (QED) is 0.271. The highest BCUT2D eigenvalue weighted by atomic mass is 35.5. The Morgan fingerprint density at radius 2 is 1.45 bits per heavy atom. The molecule has 1 atom stereocenters. The molecule has 1 fully saturated rings. The summed E-state index contributed by atoms with van der Waals surface area (Å²) in [5.74, 6) is 0.616. The molecule has 47 heavy (non-hydrogen) atoms. The molecule has 0 radical (unpaired) electrons.